The second-order valence-electron chi connectivity index (χ2n) is 6.24. The average molecular weight is 395 g/mol. The van der Waals surface area contributed by atoms with Crippen molar-refractivity contribution in [2.24, 2.45) is 0 Å². The number of nitrogens with zero attached hydrogens (tertiary/aromatic N) is 3. The Hall–Kier alpha value is -1.84. The van der Waals surface area contributed by atoms with Crippen LogP contribution in [0.5, 0.6) is 0 Å². The van der Waals surface area contributed by atoms with Crippen molar-refractivity contribution in [3.05, 3.63) is 40.9 Å². The Balaban J connectivity index is 1.64. The van der Waals surface area contributed by atoms with Gasteiger partial charge in [0.1, 0.15) is 11.0 Å². The maximum Gasteiger partial charge on any atom is 0.244 e. The molecule has 1 aromatic carbocycles. The van der Waals surface area contributed by atoms with Crippen LogP contribution in [0.1, 0.15) is 36.8 Å². The van der Waals surface area contributed by atoms with Crippen molar-refractivity contribution in [3.8, 4) is 0 Å². The minimum Gasteiger partial charge on any atom is -0.299 e. The second-order valence-corrected chi connectivity index (χ2v) is 9.34. The molecule has 1 amide bonds. The lowest BCUT2D eigenvalue weighted by atomic mass is 10.2. The summed E-state index contributed by atoms with van der Waals surface area (Å²) < 4.78 is 26.0. The van der Waals surface area contributed by atoms with Crippen molar-refractivity contribution in [2.75, 3.05) is 17.6 Å². The normalized spacial score (nSPS) is 18.1. The molecular weight excluding hydrogens is 372 g/mol. The van der Waals surface area contributed by atoms with Crippen LogP contribution in [0.3, 0.4) is 0 Å². The van der Waals surface area contributed by atoms with Gasteiger partial charge in [-0.05, 0) is 24.8 Å². The molecule has 2 heterocycles. The summed E-state index contributed by atoms with van der Waals surface area (Å²) in [6.45, 7) is 2.22. The lowest BCUT2D eigenvalue weighted by Gasteiger charge is -2.22. The molecule has 1 N–H and O–H groups in total. The number of carbonyl (C=O) groups excluding carboxylic acids is 1. The van der Waals surface area contributed by atoms with E-state index in [0.717, 1.165) is 10.6 Å². The summed E-state index contributed by atoms with van der Waals surface area (Å²) in [7, 11) is -3.39. The third kappa shape index (κ3) is 4.46. The summed E-state index contributed by atoms with van der Waals surface area (Å²) in [4.78, 5) is 12.6. The molecule has 1 aliphatic rings. The Labute approximate surface area is 157 Å². The summed E-state index contributed by atoms with van der Waals surface area (Å²) in [6.07, 6.45) is 2.40. The zero-order chi connectivity index (χ0) is 18.6. The molecule has 1 unspecified atom stereocenters. The predicted octanol–water partition coefficient (Wildman–Crippen LogP) is 2.27. The number of sulfonamides is 1. The van der Waals surface area contributed by atoms with Gasteiger partial charge in [-0.15, -0.1) is 10.2 Å². The van der Waals surface area contributed by atoms with E-state index in [1.165, 1.54) is 15.6 Å². The molecule has 140 valence electrons. The number of amides is 1. The van der Waals surface area contributed by atoms with Crippen molar-refractivity contribution in [1.29, 1.82) is 0 Å². The molecular formula is C17H22N4O3S2. The number of hydrogen-bond donors (Lipinski definition) is 1. The minimum atomic E-state index is -3.39. The van der Waals surface area contributed by atoms with Crippen molar-refractivity contribution >= 4 is 32.4 Å². The van der Waals surface area contributed by atoms with E-state index >= 15 is 0 Å². The predicted molar refractivity (Wildman–Crippen MR) is 102 cm³/mol. The Morgan fingerprint density at radius 1 is 1.31 bits per heavy atom. The quantitative estimate of drug-likeness (QED) is 0.778. The summed E-state index contributed by atoms with van der Waals surface area (Å²) in [5.74, 6) is -0.263. The van der Waals surface area contributed by atoms with E-state index in [1.807, 2.05) is 37.3 Å². The number of benzene rings is 1. The molecule has 3 rings (SSSR count). The summed E-state index contributed by atoms with van der Waals surface area (Å²) in [5.41, 5.74) is 1.12. The Morgan fingerprint density at radius 2 is 2.08 bits per heavy atom. The van der Waals surface area contributed by atoms with Gasteiger partial charge < -0.3 is 0 Å². The van der Waals surface area contributed by atoms with Crippen LogP contribution >= 0.6 is 11.3 Å². The van der Waals surface area contributed by atoms with Crippen LogP contribution in [0, 0.1) is 0 Å². The third-order valence-corrected chi connectivity index (χ3v) is 7.14. The number of hydrogen-bond acceptors (Lipinski definition) is 6. The second kappa shape index (κ2) is 8.24. The average Bonchev–Trinajstić information content (AvgIpc) is 3.25. The van der Waals surface area contributed by atoms with E-state index in [0.29, 0.717) is 37.4 Å². The molecule has 0 saturated carbocycles. The van der Waals surface area contributed by atoms with Crippen molar-refractivity contribution < 1.29 is 13.2 Å². The fourth-order valence-corrected chi connectivity index (χ4v) is 5.57. The standard InChI is InChI=1S/C17H22N4O3S2/c1-2-11-26(23,24)21-10-6-9-14(21)16(22)18-17-20-19-15(25-17)12-13-7-4-3-5-8-13/h3-5,7-8,14H,2,6,9-12H2,1H3,(H,18,20,22). The topological polar surface area (TPSA) is 92.3 Å². The van der Waals surface area contributed by atoms with Gasteiger partial charge in [0, 0.05) is 13.0 Å². The maximum absolute atomic E-state index is 12.6. The molecule has 9 heteroatoms. The monoisotopic (exact) mass is 394 g/mol. The maximum atomic E-state index is 12.6. The fourth-order valence-electron chi connectivity index (χ4n) is 3.05. The van der Waals surface area contributed by atoms with Gasteiger partial charge in [0.25, 0.3) is 0 Å². The number of nitrogens with one attached hydrogen (secondary N) is 1. The zero-order valence-electron chi connectivity index (χ0n) is 14.6. The first-order valence-corrected chi connectivity index (χ1v) is 11.1. The van der Waals surface area contributed by atoms with Crippen molar-refractivity contribution in [1.82, 2.24) is 14.5 Å². The molecule has 1 aromatic heterocycles. The third-order valence-electron chi connectivity index (χ3n) is 4.22. The summed E-state index contributed by atoms with van der Waals surface area (Å²) in [6, 6.07) is 9.24. The summed E-state index contributed by atoms with van der Waals surface area (Å²) >= 11 is 1.31. The Morgan fingerprint density at radius 3 is 2.81 bits per heavy atom. The SMILES string of the molecule is CCCS(=O)(=O)N1CCCC1C(=O)Nc1nnc(Cc2ccccc2)s1. The van der Waals surface area contributed by atoms with Gasteiger partial charge in [-0.1, -0.05) is 48.6 Å². The van der Waals surface area contributed by atoms with Gasteiger partial charge in [0.2, 0.25) is 21.1 Å². The molecule has 0 spiro atoms. The van der Waals surface area contributed by atoms with Gasteiger partial charge >= 0.3 is 0 Å². The largest absolute Gasteiger partial charge is 0.299 e. The molecule has 2 aromatic rings. The number of aromatic nitrogens is 2. The highest BCUT2D eigenvalue weighted by Gasteiger charge is 2.38. The van der Waals surface area contributed by atoms with Gasteiger partial charge in [-0.3, -0.25) is 10.1 Å². The van der Waals surface area contributed by atoms with Crippen LogP contribution in [-0.2, 0) is 21.2 Å². The smallest absolute Gasteiger partial charge is 0.244 e. The first-order chi connectivity index (χ1) is 12.5. The van der Waals surface area contributed by atoms with Gasteiger partial charge in [-0.2, -0.15) is 4.31 Å². The first-order valence-electron chi connectivity index (χ1n) is 8.66. The molecule has 0 aliphatic carbocycles. The molecule has 1 fully saturated rings. The van der Waals surface area contributed by atoms with Crippen LogP contribution in [0.2, 0.25) is 0 Å². The highest BCUT2D eigenvalue weighted by Crippen LogP contribution is 2.24. The number of carbonyl (C=O) groups is 1. The fraction of sp³-hybridized carbons (Fsp3) is 0.471. The van der Waals surface area contributed by atoms with Crippen LogP contribution in [0.4, 0.5) is 5.13 Å². The van der Waals surface area contributed by atoms with Gasteiger partial charge in [-0.25, -0.2) is 8.42 Å². The number of anilines is 1. The van der Waals surface area contributed by atoms with Crippen LogP contribution < -0.4 is 5.32 Å². The van der Waals surface area contributed by atoms with Crippen LogP contribution in [0.25, 0.3) is 0 Å². The molecule has 0 radical (unpaired) electrons. The highest BCUT2D eigenvalue weighted by molar-refractivity contribution is 7.89. The van der Waals surface area contributed by atoms with Crippen molar-refractivity contribution in [3.63, 3.8) is 0 Å². The Bertz CT molecular complexity index is 852. The summed E-state index contributed by atoms with van der Waals surface area (Å²) in [5, 5.41) is 12.1. The van der Waals surface area contributed by atoms with Crippen molar-refractivity contribution in [2.45, 2.75) is 38.6 Å². The highest BCUT2D eigenvalue weighted by atomic mass is 32.2. The molecule has 0 bridgehead atoms. The Kier molecular flexibility index (Phi) is 6.00. The number of rotatable bonds is 7. The van der Waals surface area contributed by atoms with E-state index in [2.05, 4.69) is 15.5 Å². The van der Waals surface area contributed by atoms with E-state index < -0.39 is 16.1 Å². The van der Waals surface area contributed by atoms with Gasteiger partial charge in [0.15, 0.2) is 0 Å². The molecule has 7 nitrogen and oxygen atoms in total. The zero-order valence-corrected chi connectivity index (χ0v) is 16.2. The lowest BCUT2D eigenvalue weighted by Crippen LogP contribution is -2.44. The molecule has 1 atom stereocenters. The van der Waals surface area contributed by atoms with E-state index in [-0.39, 0.29) is 11.7 Å². The van der Waals surface area contributed by atoms with Gasteiger partial charge in [0.05, 0.1) is 5.75 Å². The first kappa shape index (κ1) is 18.9. The lowest BCUT2D eigenvalue weighted by molar-refractivity contribution is -0.119. The van der Waals surface area contributed by atoms with Crippen LogP contribution in [-0.4, -0.2) is 47.2 Å². The van der Waals surface area contributed by atoms with Crippen LogP contribution in [0.15, 0.2) is 30.3 Å². The molecule has 26 heavy (non-hydrogen) atoms. The van der Waals surface area contributed by atoms with E-state index in [4.69, 9.17) is 0 Å². The minimum absolute atomic E-state index is 0.0663. The van der Waals surface area contributed by atoms with E-state index in [1.54, 1.807) is 0 Å². The molecule has 1 saturated heterocycles. The molecule has 1 aliphatic heterocycles. The van der Waals surface area contributed by atoms with E-state index in [9.17, 15) is 13.2 Å².